The van der Waals surface area contributed by atoms with Crippen LogP contribution in [-0.4, -0.2) is 38.4 Å². The van der Waals surface area contributed by atoms with Gasteiger partial charge in [-0.05, 0) is 57.4 Å². The van der Waals surface area contributed by atoms with Crippen molar-refractivity contribution in [1.29, 1.82) is 0 Å². The van der Waals surface area contributed by atoms with Gasteiger partial charge in [0.15, 0.2) is 0 Å². The highest BCUT2D eigenvalue weighted by molar-refractivity contribution is 7.18. The second-order valence-electron chi connectivity index (χ2n) is 8.20. The third-order valence-corrected chi connectivity index (χ3v) is 7.51. The minimum Gasteiger partial charge on any atom is -0.338 e. The monoisotopic (exact) mass is 432 g/mol. The van der Waals surface area contributed by atoms with E-state index < -0.39 is 0 Å². The number of thiophene rings is 1. The van der Waals surface area contributed by atoms with Gasteiger partial charge >= 0.3 is 0 Å². The Balaban J connectivity index is 1.41. The zero-order valence-corrected chi connectivity index (χ0v) is 18.7. The van der Waals surface area contributed by atoms with Crippen LogP contribution in [0.1, 0.15) is 45.5 Å². The van der Waals surface area contributed by atoms with E-state index in [2.05, 4.69) is 4.98 Å². The minimum absolute atomic E-state index is 0.0269. The van der Waals surface area contributed by atoms with Crippen LogP contribution in [0, 0.1) is 20.8 Å². The van der Waals surface area contributed by atoms with Crippen LogP contribution in [0.25, 0.3) is 21.1 Å². The van der Waals surface area contributed by atoms with E-state index >= 15 is 0 Å². The van der Waals surface area contributed by atoms with Crippen molar-refractivity contribution in [2.45, 2.75) is 39.7 Å². The number of carbonyl (C=O) groups is 1. The number of fused-ring (bicyclic) bond motifs is 2. The Kier molecular flexibility index (Phi) is 4.85. The van der Waals surface area contributed by atoms with E-state index in [9.17, 15) is 9.59 Å². The molecule has 0 saturated carbocycles. The summed E-state index contributed by atoms with van der Waals surface area (Å²) in [5.41, 5.74) is 2.59. The molecule has 5 rings (SSSR count). The first-order chi connectivity index (χ1) is 15.0. The van der Waals surface area contributed by atoms with E-state index in [1.165, 1.54) is 0 Å². The van der Waals surface area contributed by atoms with Crippen LogP contribution >= 0.6 is 11.3 Å². The molecule has 4 heterocycles. The van der Waals surface area contributed by atoms with E-state index in [1.54, 1.807) is 17.5 Å². The highest BCUT2D eigenvalue weighted by atomic mass is 32.1. The van der Waals surface area contributed by atoms with Gasteiger partial charge in [0, 0.05) is 41.2 Å². The molecule has 1 aliphatic rings. The van der Waals surface area contributed by atoms with E-state index in [1.807, 2.05) is 60.6 Å². The molecule has 0 unspecified atom stereocenters. The van der Waals surface area contributed by atoms with E-state index in [-0.39, 0.29) is 17.5 Å². The first-order valence-electron chi connectivity index (χ1n) is 10.6. The van der Waals surface area contributed by atoms with Crippen LogP contribution in [0.2, 0.25) is 0 Å². The second-order valence-corrected chi connectivity index (χ2v) is 9.40. The summed E-state index contributed by atoms with van der Waals surface area (Å²) in [7, 11) is 0. The van der Waals surface area contributed by atoms with Gasteiger partial charge in [0.25, 0.3) is 11.5 Å². The van der Waals surface area contributed by atoms with Crippen molar-refractivity contribution in [3.8, 4) is 0 Å². The molecular weight excluding hydrogens is 408 g/mol. The Labute approximate surface area is 184 Å². The molecule has 0 radical (unpaired) electrons. The molecule has 0 aliphatic carbocycles. The topological polar surface area (TPSA) is 68.1 Å². The van der Waals surface area contributed by atoms with Crippen LogP contribution in [0.5, 0.6) is 0 Å². The molecule has 0 bridgehead atoms. The number of pyridine rings is 1. The fourth-order valence-electron chi connectivity index (χ4n) is 4.63. The van der Waals surface area contributed by atoms with Crippen molar-refractivity contribution in [2.24, 2.45) is 0 Å². The lowest BCUT2D eigenvalue weighted by atomic mass is 10.0. The summed E-state index contributed by atoms with van der Waals surface area (Å²) in [6.07, 6.45) is 3.22. The highest BCUT2D eigenvalue weighted by Gasteiger charge is 2.28. The number of hydrogen-bond acceptors (Lipinski definition) is 5. The fourth-order valence-corrected chi connectivity index (χ4v) is 5.69. The van der Waals surface area contributed by atoms with Crippen molar-refractivity contribution in [3.05, 3.63) is 68.7 Å². The van der Waals surface area contributed by atoms with Crippen molar-refractivity contribution in [1.82, 2.24) is 19.4 Å². The van der Waals surface area contributed by atoms with Crippen molar-refractivity contribution in [2.75, 3.05) is 13.1 Å². The van der Waals surface area contributed by atoms with Gasteiger partial charge in [0.2, 0.25) is 0 Å². The lowest BCUT2D eigenvalue weighted by Crippen LogP contribution is -2.41. The maximum Gasteiger partial charge on any atom is 0.262 e. The lowest BCUT2D eigenvalue weighted by molar-refractivity contribution is 0.0694. The van der Waals surface area contributed by atoms with Gasteiger partial charge in [0.05, 0.1) is 10.9 Å². The third-order valence-electron chi connectivity index (χ3n) is 6.40. The van der Waals surface area contributed by atoms with E-state index in [0.29, 0.717) is 18.7 Å². The Hall–Kier alpha value is -3.06. The molecular formula is C24H24N4O2S. The third kappa shape index (κ3) is 3.24. The predicted octanol–water partition coefficient (Wildman–Crippen LogP) is 4.41. The molecule has 1 aromatic carbocycles. The number of amides is 1. The summed E-state index contributed by atoms with van der Waals surface area (Å²) in [4.78, 5) is 39.5. The molecule has 1 fully saturated rings. The zero-order valence-electron chi connectivity index (χ0n) is 17.9. The number of aryl methyl sites for hydroxylation is 3. The van der Waals surface area contributed by atoms with Crippen LogP contribution in [0.3, 0.4) is 0 Å². The maximum absolute atomic E-state index is 13.3. The van der Waals surface area contributed by atoms with Gasteiger partial charge in [-0.1, -0.05) is 12.1 Å². The Morgan fingerprint density at radius 3 is 2.65 bits per heavy atom. The zero-order chi connectivity index (χ0) is 21.7. The molecule has 0 N–H and O–H groups in total. The SMILES string of the molecule is Cc1sc2nc(C)n(C3CCN(C(=O)c4cccc5ncccc45)CC3)c(=O)c2c1C. The lowest BCUT2D eigenvalue weighted by Gasteiger charge is -2.33. The summed E-state index contributed by atoms with van der Waals surface area (Å²) < 4.78 is 1.85. The van der Waals surface area contributed by atoms with Crippen LogP contribution in [0.15, 0.2) is 41.3 Å². The quantitative estimate of drug-likeness (QED) is 0.471. The van der Waals surface area contributed by atoms with Crippen LogP contribution in [-0.2, 0) is 0 Å². The normalized spacial score (nSPS) is 15.1. The van der Waals surface area contributed by atoms with E-state index in [0.717, 1.165) is 50.2 Å². The fraction of sp³-hybridized carbons (Fsp3) is 0.333. The molecule has 31 heavy (non-hydrogen) atoms. The van der Waals surface area contributed by atoms with Gasteiger partial charge in [-0.15, -0.1) is 11.3 Å². The number of nitrogens with zero attached hydrogens (tertiary/aromatic N) is 4. The summed E-state index contributed by atoms with van der Waals surface area (Å²) >= 11 is 1.58. The molecule has 4 aromatic rings. The van der Waals surface area contributed by atoms with Crippen molar-refractivity contribution < 1.29 is 4.79 Å². The maximum atomic E-state index is 13.3. The molecule has 0 atom stereocenters. The Morgan fingerprint density at radius 1 is 1.10 bits per heavy atom. The number of aromatic nitrogens is 3. The van der Waals surface area contributed by atoms with Gasteiger partial charge in [-0.3, -0.25) is 19.1 Å². The molecule has 0 spiro atoms. The summed E-state index contributed by atoms with van der Waals surface area (Å²) in [6.45, 7) is 7.17. The van der Waals surface area contributed by atoms with Gasteiger partial charge < -0.3 is 4.90 Å². The molecule has 1 aliphatic heterocycles. The summed E-state index contributed by atoms with van der Waals surface area (Å²) in [6, 6.07) is 9.53. The molecule has 6 nitrogen and oxygen atoms in total. The number of hydrogen-bond donors (Lipinski definition) is 0. The van der Waals surface area contributed by atoms with Gasteiger partial charge in [0.1, 0.15) is 10.7 Å². The Morgan fingerprint density at radius 2 is 1.87 bits per heavy atom. The molecule has 1 saturated heterocycles. The van der Waals surface area contributed by atoms with Crippen molar-refractivity contribution >= 4 is 38.4 Å². The summed E-state index contributed by atoms with van der Waals surface area (Å²) in [5, 5.41) is 1.62. The molecule has 3 aromatic heterocycles. The van der Waals surface area contributed by atoms with Gasteiger partial charge in [-0.2, -0.15) is 0 Å². The number of carbonyl (C=O) groups excluding carboxylic acids is 1. The van der Waals surface area contributed by atoms with Crippen LogP contribution in [0.4, 0.5) is 0 Å². The highest BCUT2D eigenvalue weighted by Crippen LogP contribution is 2.29. The number of likely N-dealkylation sites (tertiary alicyclic amines) is 1. The number of piperidine rings is 1. The standard InChI is InChI=1S/C24H24N4O2S/c1-14-15(2)31-22-21(14)24(30)28(16(3)26-22)17-9-12-27(13-10-17)23(29)19-6-4-8-20-18(19)7-5-11-25-20/h4-8,11,17H,9-10,12-13H2,1-3H3. The number of benzene rings is 1. The average Bonchev–Trinajstić information content (AvgIpc) is 3.06. The number of rotatable bonds is 2. The first kappa shape index (κ1) is 19.9. The smallest absolute Gasteiger partial charge is 0.262 e. The summed E-state index contributed by atoms with van der Waals surface area (Å²) in [5.74, 6) is 0.780. The first-order valence-corrected chi connectivity index (χ1v) is 11.4. The Bertz CT molecular complexity index is 1370. The van der Waals surface area contributed by atoms with Crippen molar-refractivity contribution in [3.63, 3.8) is 0 Å². The minimum atomic E-state index is 0.0269. The molecule has 158 valence electrons. The molecule has 7 heteroatoms. The largest absolute Gasteiger partial charge is 0.338 e. The average molecular weight is 433 g/mol. The second kappa shape index (κ2) is 7.57. The predicted molar refractivity (Wildman–Crippen MR) is 124 cm³/mol. The van der Waals surface area contributed by atoms with Gasteiger partial charge in [-0.25, -0.2) is 4.98 Å². The van der Waals surface area contributed by atoms with E-state index in [4.69, 9.17) is 4.98 Å². The molecule has 1 amide bonds. The van der Waals surface area contributed by atoms with Crippen LogP contribution < -0.4 is 5.56 Å².